The zero-order valence-corrected chi connectivity index (χ0v) is 7.18. The van der Waals surface area contributed by atoms with Crippen LogP contribution in [0.3, 0.4) is 0 Å². The van der Waals surface area contributed by atoms with Gasteiger partial charge in [0.05, 0.1) is 0 Å². The molecule has 2 nitrogen and oxygen atoms in total. The fourth-order valence-electron chi connectivity index (χ4n) is 2.25. The lowest BCUT2D eigenvalue weighted by Crippen LogP contribution is -2.68. The summed E-state index contributed by atoms with van der Waals surface area (Å²) in [6.07, 6.45) is 3.23. The Morgan fingerprint density at radius 3 is 2.45 bits per heavy atom. The summed E-state index contributed by atoms with van der Waals surface area (Å²) < 4.78 is 0. The number of hydrogen-bond acceptors (Lipinski definition) is 1. The lowest BCUT2D eigenvalue weighted by Gasteiger charge is -2.55. The lowest BCUT2D eigenvalue weighted by atomic mass is 9.59. The monoisotopic (exact) mass is 153 g/mol. The molecule has 1 saturated heterocycles. The van der Waals surface area contributed by atoms with Gasteiger partial charge in [-0.2, -0.15) is 0 Å². The van der Waals surface area contributed by atoms with Gasteiger partial charge in [0, 0.05) is 12.0 Å². The molecule has 0 aromatic carbocycles. The van der Waals surface area contributed by atoms with E-state index >= 15 is 0 Å². The molecule has 1 spiro atoms. The molecule has 0 aromatic heterocycles. The van der Waals surface area contributed by atoms with Crippen LogP contribution in [-0.4, -0.2) is 11.4 Å². The molecule has 0 unspecified atom stereocenters. The van der Waals surface area contributed by atoms with Crippen molar-refractivity contribution in [3.63, 3.8) is 0 Å². The first-order chi connectivity index (χ1) is 5.11. The molecule has 1 saturated carbocycles. The van der Waals surface area contributed by atoms with Gasteiger partial charge in [-0.05, 0) is 24.7 Å². The molecule has 1 N–H and O–H groups in total. The van der Waals surface area contributed by atoms with Crippen LogP contribution in [-0.2, 0) is 4.79 Å². The van der Waals surface area contributed by atoms with E-state index in [-0.39, 0.29) is 11.4 Å². The van der Waals surface area contributed by atoms with Gasteiger partial charge in [0.1, 0.15) is 0 Å². The second-order valence-corrected chi connectivity index (χ2v) is 4.42. The van der Waals surface area contributed by atoms with Gasteiger partial charge in [-0.3, -0.25) is 4.79 Å². The summed E-state index contributed by atoms with van der Waals surface area (Å²) in [5.41, 5.74) is 0.270. The first-order valence-electron chi connectivity index (χ1n) is 4.42. The Bertz CT molecular complexity index is 182. The van der Waals surface area contributed by atoms with E-state index in [0.717, 1.165) is 18.3 Å². The van der Waals surface area contributed by atoms with Crippen LogP contribution in [0.25, 0.3) is 0 Å². The highest BCUT2D eigenvalue weighted by molar-refractivity contribution is 5.85. The van der Waals surface area contributed by atoms with Gasteiger partial charge >= 0.3 is 0 Å². The third kappa shape index (κ3) is 0.959. The second-order valence-electron chi connectivity index (χ2n) is 4.42. The number of rotatable bonds is 1. The number of hydrogen-bond donors (Lipinski definition) is 1. The molecule has 2 aliphatic rings. The largest absolute Gasteiger partial charge is 0.350 e. The highest BCUT2D eigenvalue weighted by Crippen LogP contribution is 2.47. The minimum absolute atomic E-state index is 0.243. The first-order valence-corrected chi connectivity index (χ1v) is 4.42. The molecule has 1 aliphatic carbocycles. The van der Waals surface area contributed by atoms with Gasteiger partial charge in [-0.15, -0.1) is 0 Å². The minimum atomic E-state index is 0.243. The number of carbonyl (C=O) groups is 1. The van der Waals surface area contributed by atoms with E-state index in [9.17, 15) is 4.79 Å². The fraction of sp³-hybridized carbons (Fsp3) is 0.889. The van der Waals surface area contributed by atoms with Crippen LogP contribution in [0.1, 0.15) is 33.1 Å². The van der Waals surface area contributed by atoms with Gasteiger partial charge in [0.25, 0.3) is 0 Å². The third-order valence-electron chi connectivity index (χ3n) is 3.15. The van der Waals surface area contributed by atoms with Gasteiger partial charge in [0.2, 0.25) is 5.91 Å². The number of amides is 1. The number of carbonyl (C=O) groups excluding carboxylic acids is 1. The molecule has 62 valence electrons. The zero-order chi connectivity index (χ0) is 8.06. The maximum Gasteiger partial charge on any atom is 0.222 e. The predicted molar refractivity (Wildman–Crippen MR) is 43.1 cm³/mol. The average Bonchev–Trinajstić information content (AvgIpc) is 1.73. The summed E-state index contributed by atoms with van der Waals surface area (Å²) in [7, 11) is 0. The Hall–Kier alpha value is -0.530. The molecule has 1 aliphatic heterocycles. The molecule has 11 heavy (non-hydrogen) atoms. The van der Waals surface area contributed by atoms with Gasteiger partial charge in [0.15, 0.2) is 0 Å². The van der Waals surface area contributed by atoms with Crippen molar-refractivity contribution < 1.29 is 4.79 Å². The molecule has 2 heteroatoms. The first kappa shape index (κ1) is 7.14. The highest BCUT2D eigenvalue weighted by Gasteiger charge is 2.52. The van der Waals surface area contributed by atoms with Crippen LogP contribution >= 0.6 is 0 Å². The smallest absolute Gasteiger partial charge is 0.222 e. The van der Waals surface area contributed by atoms with Gasteiger partial charge in [-0.1, -0.05) is 13.8 Å². The predicted octanol–water partition coefficient (Wildman–Crippen LogP) is 1.31. The van der Waals surface area contributed by atoms with Crippen molar-refractivity contribution >= 4 is 5.91 Å². The number of β-lactam (4-membered cyclic amide) rings is 1. The molecule has 0 bridgehead atoms. The molecule has 1 amide bonds. The summed E-state index contributed by atoms with van der Waals surface area (Å²) >= 11 is 0. The SMILES string of the molecule is CC(C)C1CC2(CC(=O)N2)C1. The van der Waals surface area contributed by atoms with Gasteiger partial charge in [-0.25, -0.2) is 0 Å². The normalized spacial score (nSPS) is 41.7. The zero-order valence-electron chi connectivity index (χ0n) is 7.18. The van der Waals surface area contributed by atoms with Crippen LogP contribution in [0.5, 0.6) is 0 Å². The number of nitrogens with one attached hydrogen (secondary N) is 1. The summed E-state index contributed by atoms with van der Waals surface area (Å²) in [6, 6.07) is 0. The fourth-order valence-corrected chi connectivity index (χ4v) is 2.25. The lowest BCUT2D eigenvalue weighted by molar-refractivity contribution is -0.140. The molecule has 0 aromatic rings. The Kier molecular flexibility index (Phi) is 1.29. The van der Waals surface area contributed by atoms with Crippen molar-refractivity contribution in [3.05, 3.63) is 0 Å². The standard InChI is InChI=1S/C9H15NO/c1-6(2)7-3-9(4-7)5-8(11)10-9/h6-7H,3-5H2,1-2H3,(H,10,11). The summed E-state index contributed by atoms with van der Waals surface area (Å²) in [5.74, 6) is 1.89. The van der Waals surface area contributed by atoms with Crippen LogP contribution in [0.2, 0.25) is 0 Å². The van der Waals surface area contributed by atoms with Crippen molar-refractivity contribution in [2.75, 3.05) is 0 Å². The summed E-state index contributed by atoms with van der Waals surface area (Å²) in [4.78, 5) is 10.7. The van der Waals surface area contributed by atoms with Crippen molar-refractivity contribution in [2.45, 2.75) is 38.6 Å². The summed E-state index contributed by atoms with van der Waals surface area (Å²) in [6.45, 7) is 4.52. The third-order valence-corrected chi connectivity index (χ3v) is 3.15. The average molecular weight is 153 g/mol. The molecule has 1 heterocycles. The molecular formula is C9H15NO. The van der Waals surface area contributed by atoms with Crippen LogP contribution in [0, 0.1) is 11.8 Å². The highest BCUT2D eigenvalue weighted by atomic mass is 16.2. The van der Waals surface area contributed by atoms with E-state index in [0.29, 0.717) is 0 Å². The Morgan fingerprint density at radius 1 is 1.55 bits per heavy atom. The second kappa shape index (κ2) is 1.99. The Labute approximate surface area is 67.4 Å². The summed E-state index contributed by atoms with van der Waals surface area (Å²) in [5, 5.41) is 3.00. The van der Waals surface area contributed by atoms with E-state index in [1.807, 2.05) is 0 Å². The molecule has 2 rings (SSSR count). The topological polar surface area (TPSA) is 29.1 Å². The Balaban J connectivity index is 1.84. The maximum absolute atomic E-state index is 10.7. The van der Waals surface area contributed by atoms with Gasteiger partial charge < -0.3 is 5.32 Å². The van der Waals surface area contributed by atoms with E-state index in [1.54, 1.807) is 0 Å². The molecule has 2 fully saturated rings. The van der Waals surface area contributed by atoms with E-state index < -0.39 is 0 Å². The van der Waals surface area contributed by atoms with Crippen molar-refractivity contribution in [1.82, 2.24) is 5.32 Å². The molecule has 0 radical (unpaired) electrons. The van der Waals surface area contributed by atoms with E-state index in [2.05, 4.69) is 19.2 Å². The minimum Gasteiger partial charge on any atom is -0.350 e. The van der Waals surface area contributed by atoms with Crippen LogP contribution in [0.15, 0.2) is 0 Å². The van der Waals surface area contributed by atoms with Crippen LogP contribution in [0.4, 0.5) is 0 Å². The molecular weight excluding hydrogens is 138 g/mol. The van der Waals surface area contributed by atoms with Crippen molar-refractivity contribution in [3.8, 4) is 0 Å². The Morgan fingerprint density at radius 2 is 2.09 bits per heavy atom. The molecule has 0 atom stereocenters. The van der Waals surface area contributed by atoms with Crippen molar-refractivity contribution in [2.24, 2.45) is 11.8 Å². The van der Waals surface area contributed by atoms with E-state index in [4.69, 9.17) is 0 Å². The van der Waals surface area contributed by atoms with Crippen molar-refractivity contribution in [1.29, 1.82) is 0 Å². The van der Waals surface area contributed by atoms with Crippen LogP contribution < -0.4 is 5.32 Å². The quantitative estimate of drug-likeness (QED) is 0.565. The maximum atomic E-state index is 10.7. The van der Waals surface area contributed by atoms with E-state index in [1.165, 1.54) is 12.8 Å².